The molecule has 1 atom stereocenters. The zero-order valence-electron chi connectivity index (χ0n) is 11.7. The van der Waals surface area contributed by atoms with Crippen molar-refractivity contribution in [2.75, 3.05) is 13.7 Å². The minimum absolute atomic E-state index is 0.188. The fourth-order valence-corrected chi connectivity index (χ4v) is 3.25. The fourth-order valence-electron chi connectivity index (χ4n) is 2.11. The van der Waals surface area contributed by atoms with Crippen molar-refractivity contribution >= 4 is 22.9 Å². The lowest BCUT2D eigenvalue weighted by Crippen LogP contribution is -2.24. The van der Waals surface area contributed by atoms with E-state index in [0.29, 0.717) is 5.88 Å². The molecule has 3 nitrogen and oxygen atoms in total. The summed E-state index contributed by atoms with van der Waals surface area (Å²) in [5.41, 5.74) is 1.09. The first kappa shape index (κ1) is 15.3. The molecule has 2 rings (SSSR count). The number of aromatic nitrogens is 1. The second-order valence-corrected chi connectivity index (χ2v) is 6.32. The summed E-state index contributed by atoms with van der Waals surface area (Å²) in [5.74, 6) is 0.684. The van der Waals surface area contributed by atoms with Crippen LogP contribution in [0.3, 0.4) is 0 Å². The molecule has 0 spiro atoms. The molecule has 0 saturated heterocycles. The van der Waals surface area contributed by atoms with Gasteiger partial charge in [0.1, 0.15) is 0 Å². The Morgan fingerprint density at radius 3 is 2.90 bits per heavy atom. The number of halogens is 1. The van der Waals surface area contributed by atoms with E-state index in [2.05, 4.69) is 29.4 Å². The third-order valence-electron chi connectivity index (χ3n) is 3.04. The zero-order valence-corrected chi connectivity index (χ0v) is 13.3. The largest absolute Gasteiger partial charge is 0.481 e. The quantitative estimate of drug-likeness (QED) is 0.836. The number of methoxy groups -OCH3 is 1. The Hall–Kier alpha value is -1.10. The third kappa shape index (κ3) is 3.95. The smallest absolute Gasteiger partial charge is 0.217 e. The van der Waals surface area contributed by atoms with Crippen LogP contribution < -0.4 is 10.1 Å². The van der Waals surface area contributed by atoms with E-state index in [1.807, 2.05) is 12.1 Å². The average Bonchev–Trinajstić information content (AvgIpc) is 2.88. The fraction of sp³-hybridized carbons (Fsp3) is 0.400. The molecule has 0 amide bonds. The Kier molecular flexibility index (Phi) is 5.83. The Balaban J connectivity index is 2.22. The Bertz CT molecular complexity index is 544. The van der Waals surface area contributed by atoms with Crippen LogP contribution in [0.2, 0.25) is 4.34 Å². The van der Waals surface area contributed by atoms with Crippen LogP contribution in [0.15, 0.2) is 30.5 Å². The standard InChI is InChI=1S/C15H19ClN2OS/c1-3-8-17-13(10-11-6-7-14(16)20-11)12-5-4-9-18-15(12)19-2/h4-7,9,13,17H,3,8,10H2,1-2H3. The second kappa shape index (κ2) is 7.62. The normalized spacial score (nSPS) is 12.3. The maximum Gasteiger partial charge on any atom is 0.217 e. The summed E-state index contributed by atoms with van der Waals surface area (Å²) < 4.78 is 6.20. The molecule has 2 aromatic rings. The van der Waals surface area contributed by atoms with Crippen molar-refractivity contribution in [2.45, 2.75) is 25.8 Å². The summed E-state index contributed by atoms with van der Waals surface area (Å²) in [6.07, 6.45) is 3.73. The molecule has 0 aliphatic heterocycles. The first-order valence-corrected chi connectivity index (χ1v) is 7.90. The molecule has 108 valence electrons. The maximum atomic E-state index is 6.01. The number of thiophene rings is 1. The van der Waals surface area contributed by atoms with Crippen LogP contribution in [0.5, 0.6) is 5.88 Å². The minimum Gasteiger partial charge on any atom is -0.481 e. The molecule has 0 aromatic carbocycles. The van der Waals surface area contributed by atoms with Gasteiger partial charge in [-0.05, 0) is 31.2 Å². The SMILES string of the molecule is CCCNC(Cc1ccc(Cl)s1)c1cccnc1OC. The van der Waals surface area contributed by atoms with Crippen LogP contribution in [0, 0.1) is 0 Å². The summed E-state index contributed by atoms with van der Waals surface area (Å²) in [6, 6.07) is 8.22. The summed E-state index contributed by atoms with van der Waals surface area (Å²) in [7, 11) is 1.66. The lowest BCUT2D eigenvalue weighted by Gasteiger charge is -2.20. The van der Waals surface area contributed by atoms with Crippen molar-refractivity contribution in [1.29, 1.82) is 0 Å². The van der Waals surface area contributed by atoms with E-state index in [4.69, 9.17) is 16.3 Å². The van der Waals surface area contributed by atoms with Crippen molar-refractivity contribution in [3.8, 4) is 5.88 Å². The van der Waals surface area contributed by atoms with Gasteiger partial charge in [-0.3, -0.25) is 0 Å². The highest BCUT2D eigenvalue weighted by atomic mass is 35.5. The molecule has 1 N–H and O–H groups in total. The molecule has 20 heavy (non-hydrogen) atoms. The van der Waals surface area contributed by atoms with Crippen LogP contribution in [0.4, 0.5) is 0 Å². The van der Waals surface area contributed by atoms with E-state index < -0.39 is 0 Å². The molecule has 2 heterocycles. The van der Waals surface area contributed by atoms with Crippen LogP contribution >= 0.6 is 22.9 Å². The number of ether oxygens (including phenoxy) is 1. The van der Waals surface area contributed by atoms with E-state index in [9.17, 15) is 0 Å². The van der Waals surface area contributed by atoms with Gasteiger partial charge < -0.3 is 10.1 Å². The summed E-state index contributed by atoms with van der Waals surface area (Å²) in [6.45, 7) is 3.12. The van der Waals surface area contributed by atoms with Gasteiger partial charge in [0, 0.05) is 29.1 Å². The third-order valence-corrected chi connectivity index (χ3v) is 4.30. The van der Waals surface area contributed by atoms with Gasteiger partial charge in [-0.25, -0.2) is 4.98 Å². The molecule has 1 unspecified atom stereocenters. The van der Waals surface area contributed by atoms with Crippen LogP contribution in [0.25, 0.3) is 0 Å². The minimum atomic E-state index is 0.188. The predicted octanol–water partition coefficient (Wildman–Crippen LogP) is 4.09. The number of pyridine rings is 1. The molecule has 0 fully saturated rings. The van der Waals surface area contributed by atoms with Gasteiger partial charge in [0.2, 0.25) is 5.88 Å². The second-order valence-electron chi connectivity index (χ2n) is 4.52. The van der Waals surface area contributed by atoms with Gasteiger partial charge in [0.05, 0.1) is 11.4 Å². The first-order valence-electron chi connectivity index (χ1n) is 6.71. The molecule has 0 radical (unpaired) electrons. The molecule has 5 heteroatoms. The lowest BCUT2D eigenvalue weighted by atomic mass is 10.0. The Labute approximate surface area is 129 Å². The topological polar surface area (TPSA) is 34.2 Å². The van der Waals surface area contributed by atoms with Crippen LogP contribution in [-0.2, 0) is 6.42 Å². The van der Waals surface area contributed by atoms with E-state index in [-0.39, 0.29) is 6.04 Å². The van der Waals surface area contributed by atoms with Gasteiger partial charge in [-0.1, -0.05) is 24.6 Å². The number of hydrogen-bond acceptors (Lipinski definition) is 4. The van der Waals surface area contributed by atoms with Gasteiger partial charge in [0.15, 0.2) is 0 Å². The molecule has 0 aliphatic rings. The van der Waals surface area contributed by atoms with E-state index >= 15 is 0 Å². The van der Waals surface area contributed by atoms with Crippen LogP contribution in [-0.4, -0.2) is 18.6 Å². The molecular weight excluding hydrogens is 292 g/mol. The Morgan fingerprint density at radius 1 is 1.40 bits per heavy atom. The molecule has 0 saturated carbocycles. The molecule has 0 aliphatic carbocycles. The number of hydrogen-bond donors (Lipinski definition) is 1. The summed E-state index contributed by atoms with van der Waals surface area (Å²) in [4.78, 5) is 5.55. The van der Waals surface area contributed by atoms with Crippen molar-refractivity contribution in [3.05, 3.63) is 45.2 Å². The van der Waals surface area contributed by atoms with Crippen molar-refractivity contribution in [2.24, 2.45) is 0 Å². The molecule has 0 bridgehead atoms. The van der Waals surface area contributed by atoms with E-state index in [1.54, 1.807) is 24.6 Å². The van der Waals surface area contributed by atoms with E-state index in [0.717, 1.165) is 29.3 Å². The molecule has 2 aromatic heterocycles. The van der Waals surface area contributed by atoms with E-state index in [1.165, 1.54) is 4.88 Å². The number of nitrogens with one attached hydrogen (secondary N) is 1. The highest BCUT2D eigenvalue weighted by Crippen LogP contribution is 2.29. The Morgan fingerprint density at radius 2 is 2.25 bits per heavy atom. The van der Waals surface area contributed by atoms with Crippen LogP contribution in [0.1, 0.15) is 29.8 Å². The monoisotopic (exact) mass is 310 g/mol. The van der Waals surface area contributed by atoms with Crippen molar-refractivity contribution in [3.63, 3.8) is 0 Å². The highest BCUT2D eigenvalue weighted by Gasteiger charge is 2.17. The van der Waals surface area contributed by atoms with Crippen molar-refractivity contribution < 1.29 is 4.74 Å². The first-order chi connectivity index (χ1) is 9.74. The number of nitrogens with zero attached hydrogens (tertiary/aromatic N) is 1. The maximum absolute atomic E-state index is 6.01. The average molecular weight is 311 g/mol. The van der Waals surface area contributed by atoms with Gasteiger partial charge in [0.25, 0.3) is 0 Å². The summed E-state index contributed by atoms with van der Waals surface area (Å²) >= 11 is 7.64. The van der Waals surface area contributed by atoms with Gasteiger partial charge in [-0.15, -0.1) is 11.3 Å². The van der Waals surface area contributed by atoms with Gasteiger partial charge in [-0.2, -0.15) is 0 Å². The molecular formula is C15H19ClN2OS. The van der Waals surface area contributed by atoms with Crippen molar-refractivity contribution in [1.82, 2.24) is 10.3 Å². The predicted molar refractivity (Wildman–Crippen MR) is 84.9 cm³/mol. The highest BCUT2D eigenvalue weighted by molar-refractivity contribution is 7.16. The summed E-state index contributed by atoms with van der Waals surface area (Å²) in [5, 5.41) is 3.56. The zero-order chi connectivity index (χ0) is 14.4. The van der Waals surface area contributed by atoms with Gasteiger partial charge >= 0.3 is 0 Å². The lowest BCUT2D eigenvalue weighted by molar-refractivity contribution is 0.382. The number of rotatable bonds is 7.